The highest BCUT2D eigenvalue weighted by molar-refractivity contribution is 5.93. The van der Waals surface area contributed by atoms with E-state index in [4.69, 9.17) is 0 Å². The Bertz CT molecular complexity index is 401. The van der Waals surface area contributed by atoms with Crippen molar-refractivity contribution in [2.24, 2.45) is 0 Å². The Morgan fingerprint density at radius 2 is 2.39 bits per heavy atom. The molecule has 1 aliphatic heterocycles. The number of rotatable bonds is 4. The van der Waals surface area contributed by atoms with Gasteiger partial charge < -0.3 is 10.2 Å². The van der Waals surface area contributed by atoms with Gasteiger partial charge in [-0.05, 0) is 39.3 Å². The molecule has 6 heteroatoms. The third kappa shape index (κ3) is 3.07. The summed E-state index contributed by atoms with van der Waals surface area (Å²) in [6, 6.07) is 0.230. The van der Waals surface area contributed by atoms with Crippen LogP contribution in [0.3, 0.4) is 0 Å². The predicted molar refractivity (Wildman–Crippen MR) is 68.3 cm³/mol. The van der Waals surface area contributed by atoms with Gasteiger partial charge in [-0.2, -0.15) is 15.4 Å². The molecular weight excluding hydrogens is 230 g/mol. The van der Waals surface area contributed by atoms with Gasteiger partial charge in [0, 0.05) is 12.6 Å². The number of carbonyl (C=O) groups excluding carboxylic acids is 1. The molecule has 1 aliphatic rings. The molecule has 2 heterocycles. The molecule has 0 aliphatic carbocycles. The van der Waals surface area contributed by atoms with Crippen LogP contribution in [-0.4, -0.2) is 51.9 Å². The molecule has 0 spiro atoms. The first-order valence-electron chi connectivity index (χ1n) is 6.61. The van der Waals surface area contributed by atoms with E-state index in [1.54, 1.807) is 6.92 Å². The fourth-order valence-electron chi connectivity index (χ4n) is 2.45. The topological polar surface area (TPSA) is 73.9 Å². The highest BCUT2D eigenvalue weighted by Gasteiger charge is 2.22. The molecule has 0 bridgehead atoms. The largest absolute Gasteiger partial charge is 0.347 e. The van der Waals surface area contributed by atoms with Crippen LogP contribution in [0.5, 0.6) is 0 Å². The molecule has 1 atom stereocenters. The molecule has 1 aromatic rings. The van der Waals surface area contributed by atoms with Gasteiger partial charge in [0.1, 0.15) is 0 Å². The van der Waals surface area contributed by atoms with E-state index in [1.165, 1.54) is 0 Å². The van der Waals surface area contributed by atoms with Gasteiger partial charge in [-0.15, -0.1) is 0 Å². The van der Waals surface area contributed by atoms with Gasteiger partial charge in [-0.3, -0.25) is 4.79 Å². The minimum absolute atomic E-state index is 0.121. The Morgan fingerprint density at radius 3 is 3.06 bits per heavy atom. The minimum Gasteiger partial charge on any atom is -0.347 e. The molecule has 2 N–H and O–H groups in total. The molecule has 6 nitrogen and oxygen atoms in total. The smallest absolute Gasteiger partial charge is 0.274 e. The lowest BCUT2D eigenvalue weighted by Gasteiger charge is -2.32. The van der Waals surface area contributed by atoms with E-state index in [1.807, 2.05) is 0 Å². The van der Waals surface area contributed by atoms with Crippen LogP contribution in [0.2, 0.25) is 0 Å². The summed E-state index contributed by atoms with van der Waals surface area (Å²) in [4.78, 5) is 14.4. The zero-order valence-electron chi connectivity index (χ0n) is 11.1. The summed E-state index contributed by atoms with van der Waals surface area (Å²) >= 11 is 0. The number of H-pyrrole nitrogens is 1. The lowest BCUT2D eigenvalue weighted by Crippen LogP contribution is -2.48. The molecule has 1 amide bonds. The van der Waals surface area contributed by atoms with Crippen LogP contribution in [0.1, 0.15) is 42.4 Å². The van der Waals surface area contributed by atoms with Crippen molar-refractivity contribution in [3.63, 3.8) is 0 Å². The third-order valence-corrected chi connectivity index (χ3v) is 3.32. The summed E-state index contributed by atoms with van der Waals surface area (Å²) in [6.45, 7) is 7.15. The number of aryl methyl sites for hydroxylation is 1. The number of likely N-dealkylation sites (tertiary alicyclic amines) is 1. The number of piperidine rings is 1. The van der Waals surface area contributed by atoms with E-state index in [0.29, 0.717) is 11.4 Å². The SMILES string of the molecule is CCCN1CCCC(NC(=O)c2n[nH]nc2C)C1. The molecule has 0 aromatic carbocycles. The van der Waals surface area contributed by atoms with Gasteiger partial charge in [0.15, 0.2) is 5.69 Å². The summed E-state index contributed by atoms with van der Waals surface area (Å²) in [5.41, 5.74) is 1.05. The van der Waals surface area contributed by atoms with Crippen molar-refractivity contribution in [3.8, 4) is 0 Å². The maximum Gasteiger partial charge on any atom is 0.274 e. The van der Waals surface area contributed by atoms with Crippen LogP contribution in [0.15, 0.2) is 0 Å². The summed E-state index contributed by atoms with van der Waals surface area (Å²) in [7, 11) is 0. The van der Waals surface area contributed by atoms with Gasteiger partial charge in [-0.25, -0.2) is 0 Å². The number of nitrogens with zero attached hydrogens (tertiary/aromatic N) is 3. The molecule has 0 radical (unpaired) electrons. The zero-order valence-corrected chi connectivity index (χ0v) is 11.1. The predicted octanol–water partition coefficient (Wildman–Crippen LogP) is 0.717. The molecule has 1 fully saturated rings. The summed E-state index contributed by atoms with van der Waals surface area (Å²) in [5.74, 6) is -0.121. The molecule has 1 saturated heterocycles. The fraction of sp³-hybridized carbons (Fsp3) is 0.750. The second-order valence-electron chi connectivity index (χ2n) is 4.87. The Balaban J connectivity index is 1.89. The maximum absolute atomic E-state index is 12.0. The first-order chi connectivity index (χ1) is 8.70. The molecule has 18 heavy (non-hydrogen) atoms. The van der Waals surface area contributed by atoms with Crippen molar-refractivity contribution in [3.05, 3.63) is 11.4 Å². The fourth-order valence-corrected chi connectivity index (χ4v) is 2.45. The van der Waals surface area contributed by atoms with E-state index in [-0.39, 0.29) is 11.9 Å². The van der Waals surface area contributed by atoms with Crippen LogP contribution in [0.25, 0.3) is 0 Å². The number of hydrogen-bond donors (Lipinski definition) is 2. The molecule has 2 rings (SSSR count). The lowest BCUT2D eigenvalue weighted by molar-refractivity contribution is 0.0898. The molecule has 100 valence electrons. The third-order valence-electron chi connectivity index (χ3n) is 3.32. The first kappa shape index (κ1) is 13.0. The van der Waals surface area contributed by atoms with Gasteiger partial charge in [-0.1, -0.05) is 6.92 Å². The zero-order chi connectivity index (χ0) is 13.0. The van der Waals surface area contributed by atoms with E-state index in [9.17, 15) is 4.79 Å². The number of hydrogen-bond acceptors (Lipinski definition) is 4. The van der Waals surface area contributed by atoms with E-state index in [0.717, 1.165) is 38.9 Å². The second kappa shape index (κ2) is 5.95. The van der Waals surface area contributed by atoms with Crippen LogP contribution in [0, 0.1) is 6.92 Å². The monoisotopic (exact) mass is 251 g/mol. The van der Waals surface area contributed by atoms with Crippen LogP contribution in [0.4, 0.5) is 0 Å². The van der Waals surface area contributed by atoms with Gasteiger partial charge in [0.2, 0.25) is 0 Å². The van der Waals surface area contributed by atoms with Crippen molar-refractivity contribution in [2.75, 3.05) is 19.6 Å². The first-order valence-corrected chi connectivity index (χ1v) is 6.61. The molecule has 0 saturated carbocycles. The van der Waals surface area contributed by atoms with Crippen molar-refractivity contribution < 1.29 is 4.79 Å². The van der Waals surface area contributed by atoms with Crippen molar-refractivity contribution >= 4 is 5.91 Å². The van der Waals surface area contributed by atoms with Gasteiger partial charge in [0.25, 0.3) is 5.91 Å². The maximum atomic E-state index is 12.0. The van der Waals surface area contributed by atoms with Gasteiger partial charge in [0.05, 0.1) is 5.69 Å². The van der Waals surface area contributed by atoms with E-state index >= 15 is 0 Å². The number of amides is 1. The standard InChI is InChI=1S/C12H21N5O/c1-3-6-17-7-4-5-10(8-17)13-12(18)11-9(2)14-16-15-11/h10H,3-8H2,1-2H3,(H,13,18)(H,14,15,16). The van der Waals surface area contributed by atoms with E-state index in [2.05, 4.69) is 32.6 Å². The van der Waals surface area contributed by atoms with Crippen LogP contribution >= 0.6 is 0 Å². The van der Waals surface area contributed by atoms with Crippen molar-refractivity contribution in [1.82, 2.24) is 25.6 Å². The number of nitrogens with one attached hydrogen (secondary N) is 2. The number of carbonyl (C=O) groups is 1. The number of aromatic nitrogens is 3. The van der Waals surface area contributed by atoms with Crippen molar-refractivity contribution in [1.29, 1.82) is 0 Å². The highest BCUT2D eigenvalue weighted by atomic mass is 16.2. The average Bonchev–Trinajstić information content (AvgIpc) is 2.76. The summed E-state index contributed by atoms with van der Waals surface area (Å²) in [6.07, 6.45) is 3.34. The summed E-state index contributed by atoms with van der Waals surface area (Å²) < 4.78 is 0. The average molecular weight is 251 g/mol. The lowest BCUT2D eigenvalue weighted by atomic mass is 10.1. The minimum atomic E-state index is -0.121. The Labute approximate surface area is 107 Å². The molecule has 1 unspecified atom stereocenters. The van der Waals surface area contributed by atoms with Crippen LogP contribution in [-0.2, 0) is 0 Å². The molecule has 1 aromatic heterocycles. The molecular formula is C12H21N5O. The highest BCUT2D eigenvalue weighted by Crippen LogP contribution is 2.11. The number of aromatic amines is 1. The van der Waals surface area contributed by atoms with Crippen LogP contribution < -0.4 is 5.32 Å². The van der Waals surface area contributed by atoms with E-state index < -0.39 is 0 Å². The van der Waals surface area contributed by atoms with Crippen molar-refractivity contribution in [2.45, 2.75) is 39.2 Å². The quantitative estimate of drug-likeness (QED) is 0.827. The summed E-state index contributed by atoms with van der Waals surface area (Å²) in [5, 5.41) is 13.3. The Kier molecular flexibility index (Phi) is 4.30. The second-order valence-corrected chi connectivity index (χ2v) is 4.87. The normalized spacial score (nSPS) is 20.9. The Hall–Kier alpha value is -1.43. The Morgan fingerprint density at radius 1 is 1.56 bits per heavy atom. The van der Waals surface area contributed by atoms with Gasteiger partial charge >= 0.3 is 0 Å².